The molecule has 3 aliphatic rings. The second kappa shape index (κ2) is 10.8. The Hall–Kier alpha value is -3.19. The van der Waals surface area contributed by atoms with Crippen LogP contribution in [0.2, 0.25) is 0 Å². The van der Waals surface area contributed by atoms with Crippen molar-refractivity contribution in [1.82, 2.24) is 15.1 Å². The topological polar surface area (TPSA) is 95.7 Å². The average molecular weight is 489 g/mol. The van der Waals surface area contributed by atoms with Crippen molar-refractivity contribution in [3.63, 3.8) is 0 Å². The molecule has 2 fully saturated rings. The molecule has 1 aliphatic carbocycles. The van der Waals surface area contributed by atoms with E-state index in [9.17, 15) is 14.4 Å². The van der Waals surface area contributed by atoms with Crippen LogP contribution in [0.5, 0.6) is 0 Å². The summed E-state index contributed by atoms with van der Waals surface area (Å²) in [5.74, 6) is 0.133. The Labute approximate surface area is 213 Å². The number of amides is 3. The molecule has 2 atom stereocenters. The fraction of sp³-hybridized carbons (Fsp3) is 0.483. The van der Waals surface area contributed by atoms with Crippen LogP contribution in [-0.4, -0.2) is 53.7 Å². The van der Waals surface area contributed by atoms with Crippen LogP contribution in [0.25, 0.3) is 0 Å². The molecule has 0 aromatic heterocycles. The van der Waals surface area contributed by atoms with Gasteiger partial charge in [0.05, 0.1) is 12.5 Å². The van der Waals surface area contributed by atoms with E-state index < -0.39 is 0 Å². The summed E-state index contributed by atoms with van der Waals surface area (Å²) < 4.78 is 0. The first-order valence-electron chi connectivity index (χ1n) is 13.3. The molecule has 5 rings (SSSR count). The maximum atomic E-state index is 12.9. The number of hydrogen-bond donors (Lipinski definition) is 2. The number of benzene rings is 2. The number of piperidine rings is 1. The first-order valence-corrected chi connectivity index (χ1v) is 13.3. The van der Waals surface area contributed by atoms with Gasteiger partial charge in [-0.1, -0.05) is 48.5 Å². The van der Waals surface area contributed by atoms with Gasteiger partial charge in [0.15, 0.2) is 0 Å². The zero-order chi connectivity index (χ0) is 25.1. The Bertz CT molecular complexity index is 1130. The maximum Gasteiger partial charge on any atom is 0.241 e. The summed E-state index contributed by atoms with van der Waals surface area (Å²) in [4.78, 5) is 41.7. The lowest BCUT2D eigenvalue weighted by Gasteiger charge is -2.34. The highest BCUT2D eigenvalue weighted by molar-refractivity contribution is 5.86. The fourth-order valence-corrected chi connectivity index (χ4v) is 6.09. The van der Waals surface area contributed by atoms with Crippen LogP contribution in [-0.2, 0) is 27.3 Å². The Balaban J connectivity index is 1.12. The van der Waals surface area contributed by atoms with Crippen LogP contribution in [0.4, 0.5) is 0 Å². The third-order valence-corrected chi connectivity index (χ3v) is 8.20. The Kier molecular flexibility index (Phi) is 7.37. The van der Waals surface area contributed by atoms with E-state index in [4.69, 9.17) is 5.73 Å². The normalized spacial score (nSPS) is 22.4. The second-order valence-corrected chi connectivity index (χ2v) is 10.4. The van der Waals surface area contributed by atoms with E-state index in [1.54, 1.807) is 0 Å². The van der Waals surface area contributed by atoms with Gasteiger partial charge in [-0.05, 0) is 60.3 Å². The van der Waals surface area contributed by atoms with Gasteiger partial charge in [0, 0.05) is 38.6 Å². The van der Waals surface area contributed by atoms with Crippen molar-refractivity contribution >= 4 is 17.7 Å². The summed E-state index contributed by atoms with van der Waals surface area (Å²) in [6, 6.07) is 16.1. The molecule has 0 radical (unpaired) electrons. The fourth-order valence-electron chi connectivity index (χ4n) is 6.09. The molecule has 36 heavy (non-hydrogen) atoms. The summed E-state index contributed by atoms with van der Waals surface area (Å²) in [5.41, 5.74) is 11.2. The van der Waals surface area contributed by atoms with Gasteiger partial charge in [0.1, 0.15) is 0 Å². The van der Waals surface area contributed by atoms with Crippen LogP contribution in [0.15, 0.2) is 48.5 Å². The van der Waals surface area contributed by atoms with E-state index in [1.807, 2.05) is 34.1 Å². The van der Waals surface area contributed by atoms with Crippen molar-refractivity contribution in [3.05, 3.63) is 70.8 Å². The van der Waals surface area contributed by atoms with Crippen LogP contribution in [0.3, 0.4) is 0 Å². The monoisotopic (exact) mass is 488 g/mol. The molecule has 0 saturated carbocycles. The van der Waals surface area contributed by atoms with E-state index in [0.29, 0.717) is 38.4 Å². The molecule has 2 aliphatic heterocycles. The van der Waals surface area contributed by atoms with Crippen molar-refractivity contribution in [2.24, 2.45) is 11.7 Å². The number of carbonyl (C=O) groups is 3. The van der Waals surface area contributed by atoms with Crippen molar-refractivity contribution in [3.8, 4) is 0 Å². The molecule has 2 heterocycles. The number of nitrogens with two attached hydrogens (primary N) is 1. The van der Waals surface area contributed by atoms with Gasteiger partial charge in [-0.25, -0.2) is 0 Å². The molecule has 3 N–H and O–H groups in total. The summed E-state index contributed by atoms with van der Waals surface area (Å²) in [6.07, 6.45) is 4.89. The van der Waals surface area contributed by atoms with Gasteiger partial charge in [-0.3, -0.25) is 14.4 Å². The molecule has 2 aromatic rings. The number of aryl methyl sites for hydroxylation is 1. The first-order chi connectivity index (χ1) is 17.5. The van der Waals surface area contributed by atoms with E-state index in [2.05, 4.69) is 29.6 Å². The highest BCUT2D eigenvalue weighted by atomic mass is 16.2. The first kappa shape index (κ1) is 24.5. The lowest BCUT2D eigenvalue weighted by atomic mass is 9.79. The second-order valence-electron chi connectivity index (χ2n) is 10.4. The largest absolute Gasteiger partial charge is 0.347 e. The van der Waals surface area contributed by atoms with Crippen molar-refractivity contribution in [2.45, 2.75) is 57.0 Å². The highest BCUT2D eigenvalue weighted by Crippen LogP contribution is 2.33. The van der Waals surface area contributed by atoms with Gasteiger partial charge in [0.2, 0.25) is 17.7 Å². The molecule has 7 nitrogen and oxygen atoms in total. The molecule has 0 spiro atoms. The predicted octanol–water partition coefficient (Wildman–Crippen LogP) is 2.89. The summed E-state index contributed by atoms with van der Waals surface area (Å²) >= 11 is 0. The van der Waals surface area contributed by atoms with Gasteiger partial charge < -0.3 is 20.9 Å². The molecular formula is C29H36N4O3. The molecule has 2 saturated heterocycles. The Morgan fingerprint density at radius 1 is 0.917 bits per heavy atom. The van der Waals surface area contributed by atoms with E-state index in [1.165, 1.54) is 16.7 Å². The van der Waals surface area contributed by atoms with Crippen molar-refractivity contribution < 1.29 is 14.4 Å². The SMILES string of the molecule is NC1c2ccccc2CCC1C(=O)NCC(=O)N1CCC(c2ccccc2CN2CCCC2=O)CC1. The average Bonchev–Trinajstić information content (AvgIpc) is 3.32. The predicted molar refractivity (Wildman–Crippen MR) is 138 cm³/mol. The van der Waals surface area contributed by atoms with Gasteiger partial charge >= 0.3 is 0 Å². The maximum absolute atomic E-state index is 12.9. The Morgan fingerprint density at radius 2 is 1.64 bits per heavy atom. The minimum absolute atomic E-state index is 0.0159. The molecule has 3 amide bonds. The lowest BCUT2D eigenvalue weighted by molar-refractivity contribution is -0.135. The summed E-state index contributed by atoms with van der Waals surface area (Å²) in [6.45, 7) is 2.87. The van der Waals surface area contributed by atoms with E-state index >= 15 is 0 Å². The minimum atomic E-state index is -0.336. The number of rotatable bonds is 6. The number of carbonyl (C=O) groups excluding carboxylic acids is 3. The van der Waals surface area contributed by atoms with Gasteiger partial charge in [-0.2, -0.15) is 0 Å². The standard InChI is InChI=1S/C29H36N4O3/c30-28-24-9-4-1-6-20(24)11-12-25(28)29(36)31-18-27(35)32-16-13-21(14-17-32)23-8-3-2-7-22(23)19-33-15-5-10-26(33)34/h1-4,6-9,21,25,28H,5,10-19,30H2,(H,31,36). The molecule has 2 aromatic carbocycles. The third kappa shape index (κ3) is 5.16. The number of likely N-dealkylation sites (tertiary alicyclic amines) is 2. The van der Waals surface area contributed by atoms with Gasteiger partial charge in [0.25, 0.3) is 0 Å². The zero-order valence-electron chi connectivity index (χ0n) is 20.8. The quantitative estimate of drug-likeness (QED) is 0.654. The molecule has 0 bridgehead atoms. The molecule has 7 heteroatoms. The van der Waals surface area contributed by atoms with Crippen LogP contribution in [0.1, 0.15) is 66.3 Å². The van der Waals surface area contributed by atoms with Crippen LogP contribution >= 0.6 is 0 Å². The number of nitrogens with zero attached hydrogens (tertiary/aromatic N) is 2. The van der Waals surface area contributed by atoms with E-state index in [-0.39, 0.29) is 36.2 Å². The summed E-state index contributed by atoms with van der Waals surface area (Å²) in [7, 11) is 0. The lowest BCUT2D eigenvalue weighted by Crippen LogP contribution is -2.46. The molecular weight excluding hydrogens is 452 g/mol. The van der Waals surface area contributed by atoms with Crippen LogP contribution in [0, 0.1) is 5.92 Å². The Morgan fingerprint density at radius 3 is 2.39 bits per heavy atom. The molecule has 2 unspecified atom stereocenters. The zero-order valence-corrected chi connectivity index (χ0v) is 20.8. The number of fused-ring (bicyclic) bond motifs is 1. The third-order valence-electron chi connectivity index (χ3n) is 8.20. The van der Waals surface area contributed by atoms with Crippen LogP contribution < -0.4 is 11.1 Å². The van der Waals surface area contributed by atoms with E-state index in [0.717, 1.165) is 37.8 Å². The minimum Gasteiger partial charge on any atom is -0.347 e. The summed E-state index contributed by atoms with van der Waals surface area (Å²) in [5, 5.41) is 2.86. The number of nitrogens with one attached hydrogen (secondary N) is 1. The van der Waals surface area contributed by atoms with Crippen molar-refractivity contribution in [1.29, 1.82) is 0 Å². The number of hydrogen-bond acceptors (Lipinski definition) is 4. The van der Waals surface area contributed by atoms with Gasteiger partial charge in [-0.15, -0.1) is 0 Å². The highest BCUT2D eigenvalue weighted by Gasteiger charge is 2.32. The smallest absolute Gasteiger partial charge is 0.241 e. The molecule has 190 valence electrons. The van der Waals surface area contributed by atoms with Crippen molar-refractivity contribution in [2.75, 3.05) is 26.2 Å².